The normalized spacial score (nSPS) is 9.95. The van der Waals surface area contributed by atoms with Gasteiger partial charge >= 0.3 is 5.97 Å². The number of rotatable bonds is 4. The van der Waals surface area contributed by atoms with Crippen LogP contribution >= 0.6 is 0 Å². The van der Waals surface area contributed by atoms with Gasteiger partial charge in [-0.25, -0.2) is 4.79 Å². The summed E-state index contributed by atoms with van der Waals surface area (Å²) < 4.78 is 15.4. The Balaban J connectivity index is 2.59. The second kappa shape index (κ2) is 6.10. The van der Waals surface area contributed by atoms with Gasteiger partial charge in [-0.3, -0.25) is 0 Å². The van der Waals surface area contributed by atoms with Crippen LogP contribution in [0.25, 0.3) is 11.1 Å². The van der Waals surface area contributed by atoms with Crippen LogP contribution in [-0.4, -0.2) is 27.3 Å². The van der Waals surface area contributed by atoms with Crippen molar-refractivity contribution in [2.45, 2.75) is 0 Å². The number of methoxy groups -OCH3 is 3. The summed E-state index contributed by atoms with van der Waals surface area (Å²) in [5, 5.41) is 0. The standard InChI is InChI=1S/C16H16O4/c1-18-11-8-9-13(15(10-11)19-2)12-6-4-5-7-14(12)16(17)20-3/h4-10H,1-3H3. The van der Waals surface area contributed by atoms with Gasteiger partial charge in [-0.1, -0.05) is 18.2 Å². The van der Waals surface area contributed by atoms with E-state index in [1.54, 1.807) is 32.4 Å². The SMILES string of the molecule is COC(=O)c1ccccc1-c1ccc(OC)cc1OC. The molecule has 4 nitrogen and oxygen atoms in total. The van der Waals surface area contributed by atoms with E-state index < -0.39 is 0 Å². The summed E-state index contributed by atoms with van der Waals surface area (Å²) in [7, 11) is 4.54. The van der Waals surface area contributed by atoms with Gasteiger partial charge in [0.1, 0.15) is 11.5 Å². The fourth-order valence-electron chi connectivity index (χ4n) is 2.03. The average Bonchev–Trinajstić information content (AvgIpc) is 2.53. The Kier molecular flexibility index (Phi) is 4.25. The third kappa shape index (κ3) is 2.59. The first-order valence-corrected chi connectivity index (χ1v) is 6.11. The molecule has 0 heterocycles. The second-order valence-electron chi connectivity index (χ2n) is 4.10. The molecule has 0 amide bonds. The maximum absolute atomic E-state index is 11.8. The minimum Gasteiger partial charge on any atom is -0.497 e. The fourth-order valence-corrected chi connectivity index (χ4v) is 2.03. The van der Waals surface area contributed by atoms with Crippen molar-refractivity contribution in [2.24, 2.45) is 0 Å². The Hall–Kier alpha value is -2.49. The largest absolute Gasteiger partial charge is 0.497 e. The Morgan fingerprint density at radius 3 is 2.30 bits per heavy atom. The van der Waals surface area contributed by atoms with Crippen LogP contribution in [0.5, 0.6) is 11.5 Å². The molecule has 104 valence electrons. The summed E-state index contributed by atoms with van der Waals surface area (Å²) in [6.07, 6.45) is 0. The molecule has 0 aliphatic heterocycles. The van der Waals surface area contributed by atoms with Crippen molar-refractivity contribution in [3.05, 3.63) is 48.0 Å². The van der Waals surface area contributed by atoms with Crippen LogP contribution in [0.2, 0.25) is 0 Å². The molecule has 0 spiro atoms. The van der Waals surface area contributed by atoms with Crippen molar-refractivity contribution in [2.75, 3.05) is 21.3 Å². The summed E-state index contributed by atoms with van der Waals surface area (Å²) in [5.41, 5.74) is 2.08. The predicted octanol–water partition coefficient (Wildman–Crippen LogP) is 3.16. The van der Waals surface area contributed by atoms with Gasteiger partial charge in [0.25, 0.3) is 0 Å². The highest BCUT2D eigenvalue weighted by Gasteiger charge is 2.16. The Morgan fingerprint density at radius 2 is 1.65 bits per heavy atom. The van der Waals surface area contributed by atoms with Crippen LogP contribution < -0.4 is 9.47 Å². The maximum atomic E-state index is 11.8. The lowest BCUT2D eigenvalue weighted by Gasteiger charge is -2.13. The van der Waals surface area contributed by atoms with Gasteiger partial charge in [-0.2, -0.15) is 0 Å². The van der Waals surface area contributed by atoms with Gasteiger partial charge in [0, 0.05) is 11.6 Å². The molecule has 0 N–H and O–H groups in total. The molecule has 0 radical (unpaired) electrons. The first-order valence-electron chi connectivity index (χ1n) is 6.11. The van der Waals surface area contributed by atoms with Crippen molar-refractivity contribution < 1.29 is 19.0 Å². The van der Waals surface area contributed by atoms with Crippen LogP contribution in [0.4, 0.5) is 0 Å². The highest BCUT2D eigenvalue weighted by Crippen LogP contribution is 2.35. The highest BCUT2D eigenvalue weighted by atomic mass is 16.5. The van der Waals surface area contributed by atoms with Gasteiger partial charge in [0.15, 0.2) is 0 Å². The van der Waals surface area contributed by atoms with E-state index in [9.17, 15) is 4.79 Å². The summed E-state index contributed by atoms with van der Waals surface area (Å²) in [4.78, 5) is 11.8. The minimum absolute atomic E-state index is 0.376. The van der Waals surface area contributed by atoms with Crippen molar-refractivity contribution in [1.29, 1.82) is 0 Å². The molecule has 0 atom stereocenters. The number of benzene rings is 2. The number of hydrogen-bond donors (Lipinski definition) is 0. The molecule has 0 saturated heterocycles. The van der Waals surface area contributed by atoms with E-state index in [-0.39, 0.29) is 5.97 Å². The predicted molar refractivity (Wildman–Crippen MR) is 76.3 cm³/mol. The fraction of sp³-hybridized carbons (Fsp3) is 0.188. The maximum Gasteiger partial charge on any atom is 0.338 e. The van der Waals surface area contributed by atoms with E-state index >= 15 is 0 Å². The molecule has 20 heavy (non-hydrogen) atoms. The van der Waals surface area contributed by atoms with Gasteiger partial charge in [-0.15, -0.1) is 0 Å². The zero-order valence-electron chi connectivity index (χ0n) is 11.7. The average molecular weight is 272 g/mol. The van der Waals surface area contributed by atoms with Crippen LogP contribution in [0, 0.1) is 0 Å². The van der Waals surface area contributed by atoms with E-state index in [1.165, 1.54) is 7.11 Å². The number of esters is 1. The molecule has 4 heteroatoms. The smallest absolute Gasteiger partial charge is 0.338 e. The van der Waals surface area contributed by atoms with Crippen molar-refractivity contribution >= 4 is 5.97 Å². The first-order chi connectivity index (χ1) is 9.71. The van der Waals surface area contributed by atoms with Gasteiger partial charge in [0.2, 0.25) is 0 Å². The van der Waals surface area contributed by atoms with Crippen LogP contribution in [-0.2, 0) is 4.74 Å². The number of carbonyl (C=O) groups excluding carboxylic acids is 1. The lowest BCUT2D eigenvalue weighted by molar-refractivity contribution is 0.0601. The van der Waals surface area contributed by atoms with Crippen molar-refractivity contribution in [1.82, 2.24) is 0 Å². The lowest BCUT2D eigenvalue weighted by Crippen LogP contribution is -2.03. The quantitative estimate of drug-likeness (QED) is 0.802. The molecular formula is C16H16O4. The van der Waals surface area contributed by atoms with Gasteiger partial charge in [-0.05, 0) is 23.8 Å². The Bertz CT molecular complexity index is 620. The molecule has 0 unspecified atom stereocenters. The minimum atomic E-state index is -0.376. The van der Waals surface area contributed by atoms with E-state index in [4.69, 9.17) is 14.2 Å². The molecule has 2 aromatic rings. The highest BCUT2D eigenvalue weighted by molar-refractivity contribution is 5.98. The first kappa shape index (κ1) is 13.9. The van der Waals surface area contributed by atoms with E-state index in [0.29, 0.717) is 17.1 Å². The third-order valence-electron chi connectivity index (χ3n) is 3.03. The Morgan fingerprint density at radius 1 is 0.900 bits per heavy atom. The topological polar surface area (TPSA) is 44.8 Å². The van der Waals surface area contributed by atoms with E-state index in [1.807, 2.05) is 24.3 Å². The molecule has 0 fully saturated rings. The lowest BCUT2D eigenvalue weighted by atomic mass is 9.98. The zero-order valence-corrected chi connectivity index (χ0v) is 11.7. The van der Waals surface area contributed by atoms with E-state index in [2.05, 4.69) is 0 Å². The zero-order chi connectivity index (χ0) is 14.5. The number of carbonyl (C=O) groups is 1. The summed E-state index contributed by atoms with van der Waals surface area (Å²) in [6.45, 7) is 0. The van der Waals surface area contributed by atoms with Gasteiger partial charge in [0.05, 0.1) is 26.9 Å². The molecule has 0 aliphatic carbocycles. The number of hydrogen-bond acceptors (Lipinski definition) is 4. The van der Waals surface area contributed by atoms with Crippen molar-refractivity contribution in [3.63, 3.8) is 0 Å². The molecule has 2 aromatic carbocycles. The summed E-state index contributed by atoms with van der Waals surface area (Å²) in [5.74, 6) is 0.959. The third-order valence-corrected chi connectivity index (χ3v) is 3.03. The Labute approximate surface area is 117 Å². The monoisotopic (exact) mass is 272 g/mol. The van der Waals surface area contributed by atoms with Crippen LogP contribution in [0.15, 0.2) is 42.5 Å². The summed E-state index contributed by atoms with van der Waals surface area (Å²) in [6, 6.07) is 12.7. The molecular weight excluding hydrogens is 256 g/mol. The molecule has 0 bridgehead atoms. The second-order valence-corrected chi connectivity index (χ2v) is 4.10. The summed E-state index contributed by atoms with van der Waals surface area (Å²) >= 11 is 0. The van der Waals surface area contributed by atoms with Crippen molar-refractivity contribution in [3.8, 4) is 22.6 Å². The molecule has 0 saturated carbocycles. The van der Waals surface area contributed by atoms with E-state index in [0.717, 1.165) is 11.1 Å². The van der Waals surface area contributed by atoms with Crippen LogP contribution in [0.3, 0.4) is 0 Å². The molecule has 0 aliphatic rings. The van der Waals surface area contributed by atoms with Gasteiger partial charge < -0.3 is 14.2 Å². The molecule has 2 rings (SSSR count). The molecule has 0 aromatic heterocycles. The van der Waals surface area contributed by atoms with Crippen LogP contribution in [0.1, 0.15) is 10.4 Å². The number of ether oxygens (including phenoxy) is 3.